The first-order valence-electron chi connectivity index (χ1n) is 5.23. The number of nitrogens with zero attached hydrogens (tertiary/aromatic N) is 1. The summed E-state index contributed by atoms with van der Waals surface area (Å²) in [4.78, 5) is 13.8. The number of benzene rings is 1. The Hall–Kier alpha value is -0.900. The van der Waals surface area contributed by atoms with Crippen LogP contribution in [0.15, 0.2) is 22.7 Å². The highest BCUT2D eigenvalue weighted by Gasteiger charge is 2.19. The monoisotopic (exact) mass is 287 g/mol. The summed E-state index contributed by atoms with van der Waals surface area (Å²) in [6.07, 6.45) is 0. The Morgan fingerprint density at radius 2 is 2.12 bits per heavy atom. The summed E-state index contributed by atoms with van der Waals surface area (Å²) < 4.78 is 13.7. The average Bonchev–Trinajstić information content (AvgIpc) is 2.22. The molecule has 0 unspecified atom stereocenters. The van der Waals surface area contributed by atoms with Gasteiger partial charge in [0.2, 0.25) is 0 Å². The van der Waals surface area contributed by atoms with Crippen LogP contribution in [0.25, 0.3) is 0 Å². The third kappa shape index (κ3) is 2.82. The summed E-state index contributed by atoms with van der Waals surface area (Å²) >= 11 is 3.26. The smallest absolute Gasteiger partial charge is 0.255 e. The third-order valence-electron chi connectivity index (χ3n) is 2.38. The molecule has 0 radical (unpaired) electrons. The topological polar surface area (TPSA) is 20.3 Å². The van der Waals surface area contributed by atoms with E-state index in [-0.39, 0.29) is 11.9 Å². The number of hydrogen-bond donors (Lipinski definition) is 0. The summed E-state index contributed by atoms with van der Waals surface area (Å²) in [5, 5.41) is 0. The summed E-state index contributed by atoms with van der Waals surface area (Å²) in [5.74, 6) is -0.546. The van der Waals surface area contributed by atoms with Crippen molar-refractivity contribution >= 4 is 21.8 Å². The lowest BCUT2D eigenvalue weighted by Crippen LogP contribution is -2.36. The number of rotatable bonds is 3. The molecule has 0 bridgehead atoms. The van der Waals surface area contributed by atoms with Crippen LogP contribution < -0.4 is 0 Å². The maximum atomic E-state index is 13.1. The molecular weight excluding hydrogens is 273 g/mol. The molecule has 1 aromatic rings. The Kier molecular flexibility index (Phi) is 4.47. The van der Waals surface area contributed by atoms with Gasteiger partial charge in [-0.2, -0.15) is 0 Å². The quantitative estimate of drug-likeness (QED) is 0.834. The van der Waals surface area contributed by atoms with E-state index in [1.165, 1.54) is 12.1 Å². The van der Waals surface area contributed by atoms with Crippen LogP contribution >= 0.6 is 15.9 Å². The molecule has 16 heavy (non-hydrogen) atoms. The van der Waals surface area contributed by atoms with Crippen LogP contribution in [0, 0.1) is 5.82 Å². The van der Waals surface area contributed by atoms with E-state index in [0.717, 1.165) is 0 Å². The van der Waals surface area contributed by atoms with E-state index >= 15 is 0 Å². The first-order valence-corrected chi connectivity index (χ1v) is 6.02. The summed E-state index contributed by atoms with van der Waals surface area (Å²) in [5.41, 5.74) is 0.371. The maximum absolute atomic E-state index is 13.1. The van der Waals surface area contributed by atoms with Gasteiger partial charge in [-0.3, -0.25) is 4.79 Å². The van der Waals surface area contributed by atoms with Crippen LogP contribution in [0.1, 0.15) is 31.1 Å². The summed E-state index contributed by atoms with van der Waals surface area (Å²) in [7, 11) is 0. The van der Waals surface area contributed by atoms with E-state index in [4.69, 9.17) is 0 Å². The number of hydrogen-bond acceptors (Lipinski definition) is 1. The van der Waals surface area contributed by atoms with E-state index in [2.05, 4.69) is 15.9 Å². The minimum Gasteiger partial charge on any atom is -0.336 e. The van der Waals surface area contributed by atoms with Crippen molar-refractivity contribution in [1.82, 2.24) is 4.90 Å². The van der Waals surface area contributed by atoms with Gasteiger partial charge in [0.05, 0.1) is 5.56 Å². The zero-order valence-corrected chi connectivity index (χ0v) is 11.2. The van der Waals surface area contributed by atoms with Crippen molar-refractivity contribution in [2.75, 3.05) is 6.54 Å². The molecule has 0 saturated heterocycles. The molecule has 0 N–H and O–H groups in total. The van der Waals surface area contributed by atoms with Crippen LogP contribution in [0.2, 0.25) is 0 Å². The van der Waals surface area contributed by atoms with E-state index in [0.29, 0.717) is 16.6 Å². The van der Waals surface area contributed by atoms with Gasteiger partial charge in [0.15, 0.2) is 0 Å². The van der Waals surface area contributed by atoms with Crippen LogP contribution in [0.3, 0.4) is 0 Å². The van der Waals surface area contributed by atoms with Crippen molar-refractivity contribution in [3.8, 4) is 0 Å². The number of amides is 1. The van der Waals surface area contributed by atoms with Gasteiger partial charge in [0.1, 0.15) is 5.82 Å². The lowest BCUT2D eigenvalue weighted by atomic mass is 10.1. The zero-order chi connectivity index (χ0) is 12.3. The Balaban J connectivity index is 3.08. The van der Waals surface area contributed by atoms with Crippen molar-refractivity contribution in [2.24, 2.45) is 0 Å². The highest BCUT2D eigenvalue weighted by molar-refractivity contribution is 9.10. The highest BCUT2D eigenvalue weighted by Crippen LogP contribution is 2.20. The Morgan fingerprint density at radius 1 is 1.50 bits per heavy atom. The molecule has 88 valence electrons. The molecule has 0 saturated carbocycles. The first kappa shape index (κ1) is 13.2. The van der Waals surface area contributed by atoms with Crippen molar-refractivity contribution in [1.29, 1.82) is 0 Å². The van der Waals surface area contributed by atoms with Crippen molar-refractivity contribution in [2.45, 2.75) is 26.8 Å². The minimum atomic E-state index is -0.397. The van der Waals surface area contributed by atoms with Gasteiger partial charge < -0.3 is 4.90 Å². The molecule has 0 heterocycles. The van der Waals surface area contributed by atoms with Gasteiger partial charge >= 0.3 is 0 Å². The maximum Gasteiger partial charge on any atom is 0.255 e. The van der Waals surface area contributed by atoms with Crippen LogP contribution in [-0.4, -0.2) is 23.4 Å². The predicted molar refractivity (Wildman–Crippen MR) is 65.9 cm³/mol. The molecule has 0 aliphatic heterocycles. The fourth-order valence-corrected chi connectivity index (χ4v) is 1.98. The molecule has 0 aliphatic carbocycles. The lowest BCUT2D eigenvalue weighted by molar-refractivity contribution is 0.0715. The minimum absolute atomic E-state index is 0.104. The van der Waals surface area contributed by atoms with Gasteiger partial charge in [-0.1, -0.05) is 0 Å². The molecule has 2 nitrogen and oxygen atoms in total. The molecule has 0 aromatic heterocycles. The zero-order valence-electron chi connectivity index (χ0n) is 9.63. The van der Waals surface area contributed by atoms with Gasteiger partial charge in [-0.25, -0.2) is 4.39 Å². The summed E-state index contributed by atoms with van der Waals surface area (Å²) in [6.45, 7) is 6.40. The fraction of sp³-hybridized carbons (Fsp3) is 0.417. The molecular formula is C12H15BrFNO. The second-order valence-corrected chi connectivity index (χ2v) is 4.66. The Bertz CT molecular complexity index is 393. The Labute approximate surface area is 104 Å². The third-order valence-corrected chi connectivity index (χ3v) is 3.08. The molecule has 1 rings (SSSR count). The van der Waals surface area contributed by atoms with E-state index in [1.807, 2.05) is 20.8 Å². The van der Waals surface area contributed by atoms with Crippen LogP contribution in [-0.2, 0) is 0 Å². The molecule has 1 aromatic carbocycles. The van der Waals surface area contributed by atoms with Crippen molar-refractivity contribution in [3.63, 3.8) is 0 Å². The van der Waals surface area contributed by atoms with Crippen molar-refractivity contribution < 1.29 is 9.18 Å². The molecule has 0 atom stereocenters. The molecule has 1 amide bonds. The normalized spacial score (nSPS) is 10.6. The number of halogens is 2. The number of carbonyl (C=O) groups excluding carboxylic acids is 1. The first-order chi connectivity index (χ1) is 7.47. The second kappa shape index (κ2) is 5.43. The highest BCUT2D eigenvalue weighted by atomic mass is 79.9. The van der Waals surface area contributed by atoms with Crippen LogP contribution in [0.5, 0.6) is 0 Å². The van der Waals surface area contributed by atoms with Gasteiger partial charge in [0, 0.05) is 17.1 Å². The van der Waals surface area contributed by atoms with E-state index in [1.54, 1.807) is 11.0 Å². The van der Waals surface area contributed by atoms with E-state index in [9.17, 15) is 9.18 Å². The van der Waals surface area contributed by atoms with Gasteiger partial charge in [-0.05, 0) is 54.9 Å². The summed E-state index contributed by atoms with van der Waals surface area (Å²) in [6, 6.07) is 4.24. The predicted octanol–water partition coefficient (Wildman–Crippen LogP) is 3.46. The molecule has 0 aliphatic rings. The lowest BCUT2D eigenvalue weighted by Gasteiger charge is -2.25. The van der Waals surface area contributed by atoms with Crippen LogP contribution in [0.4, 0.5) is 4.39 Å². The number of carbonyl (C=O) groups is 1. The molecule has 0 fully saturated rings. The Morgan fingerprint density at radius 3 is 2.62 bits per heavy atom. The molecule has 4 heteroatoms. The average molecular weight is 288 g/mol. The van der Waals surface area contributed by atoms with Gasteiger partial charge in [0.25, 0.3) is 5.91 Å². The molecule has 0 spiro atoms. The fourth-order valence-electron chi connectivity index (χ4n) is 1.56. The van der Waals surface area contributed by atoms with E-state index < -0.39 is 5.82 Å². The van der Waals surface area contributed by atoms with Crippen molar-refractivity contribution in [3.05, 3.63) is 34.1 Å². The largest absolute Gasteiger partial charge is 0.336 e. The SMILES string of the molecule is CCN(C(=O)c1cc(F)ccc1Br)C(C)C. The second-order valence-electron chi connectivity index (χ2n) is 3.81. The van der Waals surface area contributed by atoms with Gasteiger partial charge in [-0.15, -0.1) is 0 Å². The standard InChI is InChI=1S/C12H15BrFNO/c1-4-15(8(2)3)12(16)10-7-9(14)5-6-11(10)13/h5-8H,4H2,1-3H3.